The van der Waals surface area contributed by atoms with Crippen LogP contribution >= 0.6 is 35.7 Å². The molecule has 1 unspecified atom stereocenters. The Morgan fingerprint density at radius 3 is 2.83 bits per heavy atom. The number of hydrogen-bond donors (Lipinski definition) is 3. The Morgan fingerprint density at radius 2 is 2.17 bits per heavy atom. The Hall–Kier alpha value is -0.610. The Balaban J connectivity index is 0.00000264. The van der Waals surface area contributed by atoms with Crippen LogP contribution in [0.1, 0.15) is 18.9 Å². The number of halogens is 3. The van der Waals surface area contributed by atoms with E-state index in [-0.39, 0.29) is 36.1 Å². The van der Waals surface area contributed by atoms with Gasteiger partial charge in [0.25, 0.3) is 0 Å². The van der Waals surface area contributed by atoms with E-state index >= 15 is 0 Å². The highest BCUT2D eigenvalue weighted by atomic mass is 127. The fourth-order valence-corrected chi connectivity index (χ4v) is 3.45. The van der Waals surface area contributed by atoms with Crippen molar-refractivity contribution in [2.45, 2.75) is 25.5 Å². The van der Waals surface area contributed by atoms with Crippen LogP contribution in [0.25, 0.3) is 0 Å². The molecule has 2 rings (SSSR count). The van der Waals surface area contributed by atoms with Crippen LogP contribution in [0, 0.1) is 11.6 Å². The molecular weight excluding hydrogens is 435 g/mol. The number of guanidine groups is 1. The topological polar surface area (TPSA) is 56.7 Å². The minimum absolute atomic E-state index is 0. The van der Waals surface area contributed by atoms with E-state index in [2.05, 4.69) is 15.6 Å². The van der Waals surface area contributed by atoms with Crippen molar-refractivity contribution in [3.05, 3.63) is 35.4 Å². The summed E-state index contributed by atoms with van der Waals surface area (Å²) >= 11 is 1.72. The number of thioether (sulfide) groups is 1. The lowest BCUT2D eigenvalue weighted by Gasteiger charge is -2.23. The molecule has 4 nitrogen and oxygen atoms in total. The van der Waals surface area contributed by atoms with Crippen LogP contribution in [0.3, 0.4) is 0 Å². The molecule has 1 aliphatic rings. The van der Waals surface area contributed by atoms with Gasteiger partial charge in [0.15, 0.2) is 5.96 Å². The van der Waals surface area contributed by atoms with Gasteiger partial charge in [0.2, 0.25) is 0 Å². The van der Waals surface area contributed by atoms with Crippen molar-refractivity contribution in [1.29, 1.82) is 0 Å². The lowest BCUT2D eigenvalue weighted by Crippen LogP contribution is -2.47. The first-order chi connectivity index (χ1) is 10.5. The average molecular weight is 457 g/mol. The van der Waals surface area contributed by atoms with Crippen LogP contribution in [0.15, 0.2) is 23.2 Å². The minimum atomic E-state index is -0.731. The molecule has 130 valence electrons. The number of rotatable bonds is 5. The second-order valence-electron chi connectivity index (χ2n) is 5.31. The summed E-state index contributed by atoms with van der Waals surface area (Å²) in [4.78, 5) is 4.25. The lowest BCUT2D eigenvalue weighted by molar-refractivity contribution is 0.0724. The molecule has 1 fully saturated rings. The molecule has 0 saturated carbocycles. The van der Waals surface area contributed by atoms with Crippen LogP contribution in [0.4, 0.5) is 8.78 Å². The number of hydrogen-bond acceptors (Lipinski definition) is 3. The Bertz CT molecular complexity index is 539. The Kier molecular flexibility index (Phi) is 8.56. The Labute approximate surface area is 156 Å². The molecule has 1 heterocycles. The average Bonchev–Trinajstić information content (AvgIpc) is 2.92. The van der Waals surface area contributed by atoms with Crippen LogP contribution in [0.2, 0.25) is 0 Å². The third-order valence-electron chi connectivity index (χ3n) is 3.43. The minimum Gasteiger partial charge on any atom is -0.387 e. The number of aliphatic hydroxyl groups is 1. The summed E-state index contributed by atoms with van der Waals surface area (Å²) in [6, 6.07) is 3.32. The smallest absolute Gasteiger partial charge is 0.191 e. The molecule has 0 amide bonds. The molecule has 3 N–H and O–H groups in total. The van der Waals surface area contributed by atoms with Gasteiger partial charge in [0, 0.05) is 24.4 Å². The van der Waals surface area contributed by atoms with Crippen molar-refractivity contribution in [1.82, 2.24) is 10.6 Å². The number of nitrogens with zero attached hydrogens (tertiary/aromatic N) is 1. The highest BCUT2D eigenvalue weighted by molar-refractivity contribution is 14.0. The summed E-state index contributed by atoms with van der Waals surface area (Å²) in [5.74, 6) is 1.16. The third-order valence-corrected chi connectivity index (χ3v) is 4.66. The van der Waals surface area contributed by atoms with E-state index in [0.717, 1.165) is 30.4 Å². The summed E-state index contributed by atoms with van der Waals surface area (Å²) in [6.45, 7) is 2.98. The first kappa shape index (κ1) is 20.4. The molecule has 1 aliphatic heterocycles. The van der Waals surface area contributed by atoms with Gasteiger partial charge in [0.05, 0.1) is 12.1 Å². The van der Waals surface area contributed by atoms with Gasteiger partial charge in [-0.15, -0.1) is 24.0 Å². The maximum Gasteiger partial charge on any atom is 0.191 e. The van der Waals surface area contributed by atoms with Gasteiger partial charge in [-0.25, -0.2) is 13.8 Å². The first-order valence-electron chi connectivity index (χ1n) is 7.29. The van der Waals surface area contributed by atoms with E-state index < -0.39 is 17.2 Å². The second kappa shape index (κ2) is 9.63. The molecule has 1 aromatic carbocycles. The zero-order chi connectivity index (χ0) is 16.0. The second-order valence-corrected chi connectivity index (χ2v) is 6.42. The third kappa shape index (κ3) is 6.42. The monoisotopic (exact) mass is 457 g/mol. The normalized spacial score (nSPS) is 21.0. The maximum absolute atomic E-state index is 13.6. The van der Waals surface area contributed by atoms with Crippen molar-refractivity contribution in [3.8, 4) is 0 Å². The summed E-state index contributed by atoms with van der Waals surface area (Å²) in [5, 5.41) is 16.4. The predicted molar refractivity (Wildman–Crippen MR) is 101 cm³/mol. The zero-order valence-corrected chi connectivity index (χ0v) is 16.1. The van der Waals surface area contributed by atoms with Gasteiger partial charge >= 0.3 is 0 Å². The molecule has 23 heavy (non-hydrogen) atoms. The number of aliphatic imine (C=N–C) groups is 1. The van der Waals surface area contributed by atoms with E-state index in [0.29, 0.717) is 24.8 Å². The first-order valence-corrected chi connectivity index (χ1v) is 8.44. The van der Waals surface area contributed by atoms with Crippen molar-refractivity contribution < 1.29 is 13.9 Å². The highest BCUT2D eigenvalue weighted by Crippen LogP contribution is 2.26. The van der Waals surface area contributed by atoms with Crippen molar-refractivity contribution in [2.24, 2.45) is 4.99 Å². The van der Waals surface area contributed by atoms with E-state index in [1.165, 1.54) is 0 Å². The molecule has 8 heteroatoms. The molecule has 0 radical (unpaired) electrons. The quantitative estimate of drug-likeness (QED) is 0.362. The van der Waals surface area contributed by atoms with E-state index in [1.807, 2.05) is 6.92 Å². The molecule has 1 atom stereocenters. The molecule has 1 saturated heterocycles. The van der Waals surface area contributed by atoms with Gasteiger partial charge in [-0.05, 0) is 37.3 Å². The Morgan fingerprint density at radius 1 is 1.39 bits per heavy atom. The van der Waals surface area contributed by atoms with E-state index in [1.54, 1.807) is 11.8 Å². The van der Waals surface area contributed by atoms with E-state index in [9.17, 15) is 13.9 Å². The van der Waals surface area contributed by atoms with Crippen molar-refractivity contribution in [3.63, 3.8) is 0 Å². The standard InChI is InChI=1S/C15H21F2N3OS.HI/c1-2-18-14(20-9-15(21)5-6-22-10-15)19-8-11-7-12(16)3-4-13(11)17;/h3-4,7,21H,2,5-6,8-10H2,1H3,(H2,18,19,20);1H. The maximum atomic E-state index is 13.6. The van der Waals surface area contributed by atoms with Crippen LogP contribution in [-0.2, 0) is 6.54 Å². The number of nitrogens with one attached hydrogen (secondary N) is 2. The summed E-state index contributed by atoms with van der Waals surface area (Å²) < 4.78 is 26.7. The molecule has 0 aromatic heterocycles. The van der Waals surface area contributed by atoms with Crippen molar-refractivity contribution >= 4 is 41.7 Å². The molecule has 0 bridgehead atoms. The molecule has 0 spiro atoms. The fourth-order valence-electron chi connectivity index (χ4n) is 2.15. The van der Waals surface area contributed by atoms with Crippen LogP contribution in [0.5, 0.6) is 0 Å². The van der Waals surface area contributed by atoms with Gasteiger partial charge in [-0.2, -0.15) is 11.8 Å². The highest BCUT2D eigenvalue weighted by Gasteiger charge is 2.31. The fraction of sp³-hybridized carbons (Fsp3) is 0.533. The predicted octanol–water partition coefficient (Wildman–Crippen LogP) is 2.51. The zero-order valence-electron chi connectivity index (χ0n) is 12.9. The molecular formula is C15H22F2IN3OS. The van der Waals surface area contributed by atoms with Gasteiger partial charge in [0.1, 0.15) is 11.6 Å². The van der Waals surface area contributed by atoms with Gasteiger partial charge in [-0.3, -0.25) is 0 Å². The van der Waals surface area contributed by atoms with Crippen LogP contribution in [-0.4, -0.2) is 41.3 Å². The largest absolute Gasteiger partial charge is 0.387 e. The van der Waals surface area contributed by atoms with Crippen molar-refractivity contribution in [2.75, 3.05) is 24.6 Å². The lowest BCUT2D eigenvalue weighted by atomic mass is 10.0. The molecule has 0 aliphatic carbocycles. The molecule has 1 aromatic rings. The van der Waals surface area contributed by atoms with Gasteiger partial charge < -0.3 is 15.7 Å². The summed E-state index contributed by atoms with van der Waals surface area (Å²) in [5.41, 5.74) is -0.530. The van der Waals surface area contributed by atoms with Gasteiger partial charge in [-0.1, -0.05) is 0 Å². The van der Waals surface area contributed by atoms with Crippen LogP contribution < -0.4 is 10.6 Å². The van der Waals surface area contributed by atoms with E-state index in [4.69, 9.17) is 0 Å². The summed E-state index contributed by atoms with van der Waals surface area (Å²) in [7, 11) is 0. The summed E-state index contributed by atoms with van der Waals surface area (Å²) in [6.07, 6.45) is 0.739. The SMILES string of the molecule is CCNC(=NCc1cc(F)ccc1F)NCC1(O)CCSC1.I. The number of benzene rings is 1.